The Balaban J connectivity index is 1.33. The molecule has 40 heavy (non-hydrogen) atoms. The highest BCUT2D eigenvalue weighted by atomic mass is 16.7. The van der Waals surface area contributed by atoms with Crippen molar-refractivity contribution in [2.75, 3.05) is 32.2 Å². The summed E-state index contributed by atoms with van der Waals surface area (Å²) in [5.41, 5.74) is 4.72. The predicted octanol–water partition coefficient (Wildman–Crippen LogP) is 7.04. The zero-order valence-corrected chi connectivity index (χ0v) is 23.4. The topological polar surface area (TPSA) is 66.0 Å². The first-order valence-electron chi connectivity index (χ1n) is 14.1. The fourth-order valence-electron chi connectivity index (χ4n) is 5.12. The molecule has 2 fully saturated rings. The van der Waals surface area contributed by atoms with Gasteiger partial charge in [0.25, 0.3) is 6.02 Å². The number of amidine groups is 1. The molecule has 7 nitrogen and oxygen atoms in total. The summed E-state index contributed by atoms with van der Waals surface area (Å²) in [5, 5.41) is 13.2. The number of aliphatic imine (C=N–C) groups is 1. The molecule has 3 aromatic carbocycles. The molecule has 2 saturated carbocycles. The van der Waals surface area contributed by atoms with Gasteiger partial charge in [-0.2, -0.15) is 5.26 Å². The van der Waals surface area contributed by atoms with Crippen molar-refractivity contribution < 1.29 is 9.57 Å². The molecule has 7 heteroatoms. The smallest absolute Gasteiger partial charge is 0.292 e. The molecule has 0 aliphatic heterocycles. The van der Waals surface area contributed by atoms with Crippen LogP contribution in [0.5, 0.6) is 11.5 Å². The van der Waals surface area contributed by atoms with Crippen LogP contribution in [0.1, 0.15) is 44.2 Å². The highest BCUT2D eigenvalue weighted by molar-refractivity contribution is 5.96. The summed E-state index contributed by atoms with van der Waals surface area (Å²) in [5.74, 6) is 2.18. The molecule has 1 aromatic heterocycles. The molecule has 204 valence electrons. The predicted molar refractivity (Wildman–Crippen MR) is 160 cm³/mol. The van der Waals surface area contributed by atoms with Crippen LogP contribution < -0.4 is 14.6 Å². The van der Waals surface area contributed by atoms with Gasteiger partial charge in [0, 0.05) is 38.1 Å². The zero-order valence-electron chi connectivity index (χ0n) is 23.4. The molecule has 0 spiro atoms. The Labute approximate surface area is 235 Å². The van der Waals surface area contributed by atoms with Crippen molar-refractivity contribution in [1.82, 2.24) is 9.47 Å². The van der Waals surface area contributed by atoms with Crippen LogP contribution in [0.2, 0.25) is 0 Å². The van der Waals surface area contributed by atoms with Crippen LogP contribution in [0.15, 0.2) is 77.8 Å². The van der Waals surface area contributed by atoms with E-state index in [1.54, 1.807) is 7.05 Å². The first-order chi connectivity index (χ1) is 19.6. The van der Waals surface area contributed by atoms with Crippen LogP contribution in [0.3, 0.4) is 0 Å². The number of hydrogen-bond donors (Lipinski definition) is 0. The molecule has 0 bridgehead atoms. The van der Waals surface area contributed by atoms with E-state index in [0.717, 1.165) is 59.5 Å². The Morgan fingerprint density at radius 3 is 2.35 bits per heavy atom. The van der Waals surface area contributed by atoms with E-state index in [4.69, 9.17) is 9.57 Å². The number of ether oxygens (including phenoxy) is 1. The summed E-state index contributed by atoms with van der Waals surface area (Å²) >= 11 is 0. The maximum atomic E-state index is 10.3. The van der Waals surface area contributed by atoms with Gasteiger partial charge in [-0.15, -0.1) is 0 Å². The van der Waals surface area contributed by atoms with E-state index in [9.17, 15) is 5.26 Å². The van der Waals surface area contributed by atoms with Gasteiger partial charge < -0.3 is 19.0 Å². The maximum absolute atomic E-state index is 10.3. The van der Waals surface area contributed by atoms with Gasteiger partial charge in [0.2, 0.25) is 0 Å². The van der Waals surface area contributed by atoms with Gasteiger partial charge in [0.05, 0.1) is 29.0 Å². The van der Waals surface area contributed by atoms with Crippen LogP contribution in [0.4, 0.5) is 5.69 Å². The maximum Gasteiger partial charge on any atom is 0.292 e. The molecule has 0 N–H and O–H groups in total. The van der Waals surface area contributed by atoms with E-state index in [1.807, 2.05) is 65.5 Å². The minimum atomic E-state index is 0.371. The molecule has 0 atom stereocenters. The lowest BCUT2D eigenvalue weighted by atomic mass is 10.1. The van der Waals surface area contributed by atoms with Gasteiger partial charge in [-0.1, -0.05) is 18.2 Å². The van der Waals surface area contributed by atoms with Crippen LogP contribution >= 0.6 is 0 Å². The summed E-state index contributed by atoms with van der Waals surface area (Å²) in [7, 11) is 3.69. The SMILES string of the molecule is CCN(C)C(=NC)Oc1ccc2c(C#N)c(-c3ccc(ON(CC4CC4)c4ccccc4)cc3)n(C3CC3)c2c1. The highest BCUT2D eigenvalue weighted by Crippen LogP contribution is 2.45. The summed E-state index contributed by atoms with van der Waals surface area (Å²) in [6.45, 7) is 3.73. The third kappa shape index (κ3) is 5.22. The average Bonchev–Trinajstić information content (AvgIpc) is 3.94. The van der Waals surface area contributed by atoms with E-state index in [0.29, 0.717) is 29.3 Å². The van der Waals surface area contributed by atoms with Crippen LogP contribution in [0.25, 0.3) is 22.2 Å². The number of nitriles is 1. The fourth-order valence-corrected chi connectivity index (χ4v) is 5.12. The molecular formula is C33H35N5O2. The third-order valence-electron chi connectivity index (χ3n) is 7.71. The number of hydroxylamine groups is 1. The van der Waals surface area contributed by atoms with Crippen LogP contribution in [-0.2, 0) is 0 Å². The van der Waals surface area contributed by atoms with Crippen molar-refractivity contribution in [1.29, 1.82) is 5.26 Å². The lowest BCUT2D eigenvalue weighted by molar-refractivity contribution is 0.273. The number of para-hydroxylation sites is 1. The second kappa shape index (κ2) is 11.0. The first-order valence-corrected chi connectivity index (χ1v) is 14.1. The summed E-state index contributed by atoms with van der Waals surface area (Å²) in [4.78, 5) is 12.6. The summed E-state index contributed by atoms with van der Waals surface area (Å²) in [6.07, 6.45) is 4.70. The number of aromatic nitrogens is 1. The quantitative estimate of drug-likeness (QED) is 0.131. The van der Waals surface area contributed by atoms with E-state index in [1.165, 1.54) is 12.8 Å². The number of nitrogens with zero attached hydrogens (tertiary/aromatic N) is 5. The molecule has 0 unspecified atom stereocenters. The Morgan fingerprint density at radius 1 is 1.00 bits per heavy atom. The molecule has 6 rings (SSSR count). The van der Waals surface area contributed by atoms with Gasteiger partial charge in [-0.05, 0) is 92.6 Å². The van der Waals surface area contributed by atoms with Crippen LogP contribution in [0, 0.1) is 17.2 Å². The number of benzene rings is 3. The van der Waals surface area contributed by atoms with Crippen LogP contribution in [-0.4, -0.2) is 42.7 Å². The lowest BCUT2D eigenvalue weighted by Crippen LogP contribution is -2.31. The van der Waals surface area contributed by atoms with E-state index in [-0.39, 0.29) is 0 Å². The minimum Gasteiger partial charge on any atom is -0.426 e. The van der Waals surface area contributed by atoms with Gasteiger partial charge >= 0.3 is 0 Å². The van der Waals surface area contributed by atoms with Crippen molar-refractivity contribution in [2.45, 2.75) is 38.6 Å². The first kappa shape index (κ1) is 25.8. The Bertz CT molecular complexity index is 1560. The molecule has 0 radical (unpaired) electrons. The third-order valence-corrected chi connectivity index (χ3v) is 7.71. The fraction of sp³-hybridized carbons (Fsp3) is 0.333. The average molecular weight is 534 g/mol. The van der Waals surface area contributed by atoms with Gasteiger partial charge in [-0.3, -0.25) is 0 Å². The molecule has 2 aliphatic carbocycles. The second-order valence-electron chi connectivity index (χ2n) is 10.7. The molecule has 2 aliphatic rings. The van der Waals surface area contributed by atoms with Crippen molar-refractivity contribution in [3.63, 3.8) is 0 Å². The number of rotatable bonds is 9. The Morgan fingerprint density at radius 2 is 1.73 bits per heavy atom. The van der Waals surface area contributed by atoms with Gasteiger partial charge in [0.15, 0.2) is 5.75 Å². The van der Waals surface area contributed by atoms with E-state index >= 15 is 0 Å². The number of anilines is 1. The molecule has 0 amide bonds. The van der Waals surface area contributed by atoms with Crippen molar-refractivity contribution >= 4 is 22.6 Å². The Kier molecular flexibility index (Phi) is 7.08. The van der Waals surface area contributed by atoms with E-state index in [2.05, 4.69) is 46.8 Å². The molecule has 4 aromatic rings. The summed E-state index contributed by atoms with van der Waals surface area (Å²) < 4.78 is 8.47. The molecule has 0 saturated heterocycles. The number of fused-ring (bicyclic) bond motifs is 1. The minimum absolute atomic E-state index is 0.371. The molecule has 1 heterocycles. The largest absolute Gasteiger partial charge is 0.426 e. The zero-order chi connectivity index (χ0) is 27.6. The lowest BCUT2D eigenvalue weighted by Gasteiger charge is -2.24. The van der Waals surface area contributed by atoms with Crippen molar-refractivity contribution in [3.05, 3.63) is 78.4 Å². The Hall–Kier alpha value is -4.44. The standard InChI is InChI=1S/C33H35N5O2/c1-4-36(3)33(35-2)39-28-18-19-29-30(21-34)32(38(26-14-15-26)31(29)20-28)24-12-16-27(17-13-24)40-37(22-23-10-11-23)25-8-6-5-7-9-25/h5-9,12-13,16-20,23,26H,4,10-11,14-15,22H2,1-3H3. The van der Waals surface area contributed by atoms with Gasteiger partial charge in [-0.25, -0.2) is 10.1 Å². The van der Waals surface area contributed by atoms with Crippen molar-refractivity contribution in [3.8, 4) is 28.8 Å². The molecular weight excluding hydrogens is 498 g/mol. The second-order valence-corrected chi connectivity index (χ2v) is 10.7. The number of hydrogen-bond acceptors (Lipinski definition) is 5. The van der Waals surface area contributed by atoms with E-state index < -0.39 is 0 Å². The van der Waals surface area contributed by atoms with Crippen molar-refractivity contribution in [2.24, 2.45) is 10.9 Å². The monoisotopic (exact) mass is 533 g/mol. The summed E-state index contributed by atoms with van der Waals surface area (Å²) in [6, 6.07) is 27.8. The highest BCUT2D eigenvalue weighted by Gasteiger charge is 2.31. The van der Waals surface area contributed by atoms with Gasteiger partial charge in [0.1, 0.15) is 11.8 Å². The normalized spacial score (nSPS) is 15.1.